The van der Waals surface area contributed by atoms with Crippen molar-refractivity contribution < 1.29 is 9.90 Å². The lowest BCUT2D eigenvalue weighted by Gasteiger charge is -2.32. The lowest BCUT2D eigenvalue weighted by molar-refractivity contribution is -0.138. The molecule has 0 bridgehead atoms. The van der Waals surface area contributed by atoms with Crippen LogP contribution in [0.2, 0.25) is 0 Å². The van der Waals surface area contributed by atoms with Gasteiger partial charge in [-0.3, -0.25) is 29.5 Å². The van der Waals surface area contributed by atoms with E-state index in [9.17, 15) is 9.90 Å². The van der Waals surface area contributed by atoms with Crippen molar-refractivity contribution >= 4 is 5.97 Å². The Kier molecular flexibility index (Phi) is 8.00. The second-order valence-electron chi connectivity index (χ2n) is 7.28. The molecular weight excluding hydrogens is 378 g/mol. The third-order valence-corrected chi connectivity index (χ3v) is 4.80. The van der Waals surface area contributed by atoms with Gasteiger partial charge in [-0.2, -0.15) is 0 Å². The van der Waals surface area contributed by atoms with Crippen LogP contribution in [0.5, 0.6) is 0 Å². The van der Waals surface area contributed by atoms with Crippen LogP contribution < -0.4 is 0 Å². The van der Waals surface area contributed by atoms with E-state index in [1.165, 1.54) is 0 Å². The Morgan fingerprint density at radius 1 is 0.833 bits per heavy atom. The summed E-state index contributed by atoms with van der Waals surface area (Å²) >= 11 is 0. The molecule has 1 N–H and O–H groups in total. The molecule has 3 aromatic heterocycles. The van der Waals surface area contributed by atoms with Gasteiger partial charge in [0.1, 0.15) is 0 Å². The maximum Gasteiger partial charge on any atom is 0.317 e. The first-order chi connectivity index (χ1) is 14.6. The fraction of sp³-hybridized carbons (Fsp3) is 0.304. The fourth-order valence-corrected chi connectivity index (χ4v) is 3.35. The van der Waals surface area contributed by atoms with Crippen LogP contribution in [0.4, 0.5) is 0 Å². The molecule has 3 rings (SSSR count). The molecule has 0 aliphatic carbocycles. The number of carbonyl (C=O) groups is 1. The summed E-state index contributed by atoms with van der Waals surface area (Å²) in [6, 6.07) is 17.5. The molecule has 0 aromatic carbocycles. The van der Waals surface area contributed by atoms with Gasteiger partial charge in [-0.25, -0.2) is 0 Å². The zero-order valence-corrected chi connectivity index (χ0v) is 17.1. The average molecular weight is 406 g/mol. The summed E-state index contributed by atoms with van der Waals surface area (Å²) in [6.07, 6.45) is 5.31. The van der Waals surface area contributed by atoms with Crippen molar-refractivity contribution in [1.82, 2.24) is 24.8 Å². The first-order valence-electron chi connectivity index (χ1n) is 9.98. The van der Waals surface area contributed by atoms with Crippen LogP contribution in [-0.2, 0) is 24.4 Å². The smallest absolute Gasteiger partial charge is 0.317 e. The Morgan fingerprint density at radius 2 is 1.30 bits per heavy atom. The predicted octanol–water partition coefficient (Wildman–Crippen LogP) is 2.85. The van der Waals surface area contributed by atoms with Crippen molar-refractivity contribution in [3.8, 4) is 0 Å². The molecule has 0 saturated heterocycles. The molecule has 0 radical (unpaired) electrons. The standard InChI is InChI=1S/C23H27N5O2/c1-19(14-27(18-23(29)30)15-20-8-2-5-11-24-20)28(16-21-9-3-6-12-25-21)17-22-10-4-7-13-26-22/h2-13,19H,14-18H2,1H3,(H,29,30). The van der Waals surface area contributed by atoms with Crippen molar-refractivity contribution in [2.45, 2.75) is 32.6 Å². The van der Waals surface area contributed by atoms with Gasteiger partial charge in [0.25, 0.3) is 0 Å². The maximum absolute atomic E-state index is 11.4. The summed E-state index contributed by atoms with van der Waals surface area (Å²) < 4.78 is 0. The number of hydrogen-bond acceptors (Lipinski definition) is 6. The number of hydrogen-bond donors (Lipinski definition) is 1. The van der Waals surface area contributed by atoms with Crippen molar-refractivity contribution in [3.05, 3.63) is 90.3 Å². The van der Waals surface area contributed by atoms with Crippen LogP contribution in [0.25, 0.3) is 0 Å². The van der Waals surface area contributed by atoms with Gasteiger partial charge in [-0.15, -0.1) is 0 Å². The molecule has 0 aliphatic heterocycles. The monoisotopic (exact) mass is 405 g/mol. The lowest BCUT2D eigenvalue weighted by atomic mass is 10.2. The second-order valence-corrected chi connectivity index (χ2v) is 7.28. The Morgan fingerprint density at radius 3 is 1.70 bits per heavy atom. The number of rotatable bonds is 11. The molecule has 7 nitrogen and oxygen atoms in total. The minimum Gasteiger partial charge on any atom is -0.480 e. The molecule has 1 unspecified atom stereocenters. The van der Waals surface area contributed by atoms with Gasteiger partial charge in [-0.1, -0.05) is 18.2 Å². The van der Waals surface area contributed by atoms with Gasteiger partial charge in [0, 0.05) is 50.8 Å². The van der Waals surface area contributed by atoms with Crippen LogP contribution in [0.3, 0.4) is 0 Å². The van der Waals surface area contributed by atoms with Crippen LogP contribution in [0.1, 0.15) is 24.0 Å². The number of nitrogens with zero attached hydrogens (tertiary/aromatic N) is 5. The topological polar surface area (TPSA) is 82.5 Å². The van der Waals surface area contributed by atoms with E-state index in [1.54, 1.807) is 18.6 Å². The number of aromatic nitrogens is 3. The summed E-state index contributed by atoms with van der Waals surface area (Å²) in [5.74, 6) is -0.848. The largest absolute Gasteiger partial charge is 0.480 e. The van der Waals surface area contributed by atoms with E-state index in [1.807, 2.05) is 59.5 Å². The highest BCUT2D eigenvalue weighted by Gasteiger charge is 2.21. The van der Waals surface area contributed by atoms with Crippen LogP contribution >= 0.6 is 0 Å². The summed E-state index contributed by atoms with van der Waals surface area (Å²) in [5, 5.41) is 9.39. The molecule has 1 atom stereocenters. The zero-order chi connectivity index (χ0) is 21.2. The third kappa shape index (κ3) is 7.02. The number of carboxylic acids is 1. The normalized spacial score (nSPS) is 12.2. The summed E-state index contributed by atoms with van der Waals surface area (Å²) in [4.78, 5) is 28.9. The highest BCUT2D eigenvalue weighted by molar-refractivity contribution is 5.69. The van der Waals surface area contributed by atoms with Crippen LogP contribution in [-0.4, -0.2) is 55.0 Å². The van der Waals surface area contributed by atoms with Crippen molar-refractivity contribution in [2.24, 2.45) is 0 Å². The molecule has 30 heavy (non-hydrogen) atoms. The summed E-state index contributed by atoms with van der Waals surface area (Å²) in [7, 11) is 0. The van der Waals surface area contributed by atoms with Gasteiger partial charge in [0.15, 0.2) is 0 Å². The first kappa shape index (κ1) is 21.5. The van der Waals surface area contributed by atoms with Crippen molar-refractivity contribution in [2.75, 3.05) is 13.1 Å². The zero-order valence-electron chi connectivity index (χ0n) is 17.1. The Hall–Kier alpha value is -3.16. The molecule has 0 saturated carbocycles. The van der Waals surface area contributed by atoms with E-state index in [2.05, 4.69) is 26.8 Å². The highest BCUT2D eigenvalue weighted by atomic mass is 16.4. The van der Waals surface area contributed by atoms with E-state index in [0.29, 0.717) is 26.2 Å². The number of aliphatic carboxylic acids is 1. The molecule has 156 valence electrons. The Labute approximate surface area is 177 Å². The predicted molar refractivity (Wildman–Crippen MR) is 114 cm³/mol. The lowest BCUT2D eigenvalue weighted by Crippen LogP contribution is -2.43. The molecule has 0 aliphatic rings. The van der Waals surface area contributed by atoms with Crippen molar-refractivity contribution in [1.29, 1.82) is 0 Å². The van der Waals surface area contributed by atoms with Gasteiger partial charge >= 0.3 is 5.97 Å². The molecule has 0 fully saturated rings. The molecule has 0 spiro atoms. The van der Waals surface area contributed by atoms with E-state index in [4.69, 9.17) is 0 Å². The summed E-state index contributed by atoms with van der Waals surface area (Å²) in [6.45, 7) is 4.45. The first-order valence-corrected chi connectivity index (χ1v) is 9.98. The van der Waals surface area contributed by atoms with Gasteiger partial charge in [-0.05, 0) is 43.3 Å². The van der Waals surface area contributed by atoms with Gasteiger partial charge in [0.2, 0.25) is 0 Å². The molecular formula is C23H27N5O2. The third-order valence-electron chi connectivity index (χ3n) is 4.80. The highest BCUT2D eigenvalue weighted by Crippen LogP contribution is 2.13. The van der Waals surface area contributed by atoms with E-state index < -0.39 is 5.97 Å². The van der Waals surface area contributed by atoms with E-state index in [-0.39, 0.29) is 12.6 Å². The second kappa shape index (κ2) is 11.1. The number of carboxylic acid groups (broad SMARTS) is 1. The molecule has 7 heteroatoms. The van der Waals surface area contributed by atoms with Gasteiger partial charge < -0.3 is 5.11 Å². The van der Waals surface area contributed by atoms with Crippen LogP contribution in [0.15, 0.2) is 73.2 Å². The molecule has 3 aromatic rings. The number of pyridine rings is 3. The SMILES string of the molecule is CC(CN(CC(=O)O)Cc1ccccn1)N(Cc1ccccn1)Cc1ccccn1. The minimum atomic E-state index is -0.848. The Balaban J connectivity index is 1.74. The van der Waals surface area contributed by atoms with E-state index in [0.717, 1.165) is 17.1 Å². The fourth-order valence-electron chi connectivity index (χ4n) is 3.35. The Bertz CT molecular complexity index is 852. The molecule has 0 amide bonds. The van der Waals surface area contributed by atoms with Gasteiger partial charge in [0.05, 0.1) is 23.6 Å². The summed E-state index contributed by atoms with van der Waals surface area (Å²) in [5.41, 5.74) is 2.79. The average Bonchev–Trinajstić information content (AvgIpc) is 2.75. The minimum absolute atomic E-state index is 0.0398. The van der Waals surface area contributed by atoms with E-state index >= 15 is 0 Å². The van der Waals surface area contributed by atoms with Crippen LogP contribution in [0, 0.1) is 0 Å². The quantitative estimate of drug-likeness (QED) is 0.525. The maximum atomic E-state index is 11.4. The van der Waals surface area contributed by atoms with Crippen molar-refractivity contribution in [3.63, 3.8) is 0 Å². The molecule has 3 heterocycles.